The highest BCUT2D eigenvalue weighted by Gasteiger charge is 2.15. The molecule has 1 aromatic carbocycles. The summed E-state index contributed by atoms with van der Waals surface area (Å²) >= 11 is 0. The molecule has 2 nitrogen and oxygen atoms in total. The predicted molar refractivity (Wildman–Crippen MR) is 70.3 cm³/mol. The third kappa shape index (κ3) is 3.95. The van der Waals surface area contributed by atoms with Gasteiger partial charge in [-0.15, -0.1) is 0 Å². The molecular formula is C14H24N2. The fraction of sp³-hybridized carbons (Fsp3) is 0.571. The van der Waals surface area contributed by atoms with Crippen molar-refractivity contribution in [2.75, 3.05) is 0 Å². The van der Waals surface area contributed by atoms with Gasteiger partial charge in [0.05, 0.1) is 0 Å². The molecule has 0 aliphatic carbocycles. The molecule has 0 amide bonds. The minimum atomic E-state index is -0.130. The van der Waals surface area contributed by atoms with Crippen LogP contribution in [-0.2, 0) is 0 Å². The summed E-state index contributed by atoms with van der Waals surface area (Å²) in [6.07, 6.45) is 1.88. The summed E-state index contributed by atoms with van der Waals surface area (Å²) in [6, 6.07) is 6.54. The van der Waals surface area contributed by atoms with Crippen molar-refractivity contribution in [3.8, 4) is 0 Å². The first-order chi connectivity index (χ1) is 7.29. The summed E-state index contributed by atoms with van der Waals surface area (Å²) in [5.41, 5.74) is 15.9. The first-order valence-electron chi connectivity index (χ1n) is 5.91. The van der Waals surface area contributed by atoms with Crippen LogP contribution in [0.3, 0.4) is 0 Å². The van der Waals surface area contributed by atoms with Crippen LogP contribution in [0.15, 0.2) is 18.2 Å². The van der Waals surface area contributed by atoms with E-state index in [1.807, 2.05) is 13.8 Å². The predicted octanol–water partition coefficient (Wildman–Crippen LogP) is 2.82. The molecule has 0 spiro atoms. The molecule has 90 valence electrons. The van der Waals surface area contributed by atoms with Crippen LogP contribution in [0, 0.1) is 13.8 Å². The summed E-state index contributed by atoms with van der Waals surface area (Å²) in [5, 5.41) is 0. The van der Waals surface area contributed by atoms with Gasteiger partial charge in [0.2, 0.25) is 0 Å². The maximum Gasteiger partial charge on any atom is 0.0298 e. The van der Waals surface area contributed by atoms with Gasteiger partial charge in [0.1, 0.15) is 0 Å². The number of nitrogens with two attached hydrogens (primary N) is 2. The van der Waals surface area contributed by atoms with E-state index in [1.165, 1.54) is 16.7 Å². The normalized spacial score (nSPS) is 13.9. The van der Waals surface area contributed by atoms with Crippen LogP contribution in [0.4, 0.5) is 0 Å². The molecule has 1 rings (SSSR count). The van der Waals surface area contributed by atoms with Crippen molar-refractivity contribution < 1.29 is 0 Å². The molecule has 0 bridgehead atoms. The number of aryl methyl sites for hydroxylation is 2. The van der Waals surface area contributed by atoms with Crippen molar-refractivity contribution in [3.05, 3.63) is 34.9 Å². The summed E-state index contributed by atoms with van der Waals surface area (Å²) in [4.78, 5) is 0. The zero-order valence-corrected chi connectivity index (χ0v) is 10.9. The summed E-state index contributed by atoms with van der Waals surface area (Å²) in [5.74, 6) is 0. The van der Waals surface area contributed by atoms with Gasteiger partial charge in [-0.2, -0.15) is 0 Å². The first kappa shape index (κ1) is 13.2. The Bertz CT molecular complexity index is 350. The number of hydrogen-bond donors (Lipinski definition) is 2. The molecule has 2 heteroatoms. The third-order valence-corrected chi connectivity index (χ3v) is 2.93. The lowest BCUT2D eigenvalue weighted by atomic mass is 9.91. The van der Waals surface area contributed by atoms with E-state index in [0.717, 1.165) is 12.8 Å². The second-order valence-electron chi connectivity index (χ2n) is 5.49. The monoisotopic (exact) mass is 220 g/mol. The van der Waals surface area contributed by atoms with Gasteiger partial charge in [-0.05, 0) is 51.7 Å². The van der Waals surface area contributed by atoms with E-state index in [4.69, 9.17) is 11.5 Å². The van der Waals surface area contributed by atoms with E-state index < -0.39 is 0 Å². The molecule has 0 saturated carbocycles. The van der Waals surface area contributed by atoms with Crippen molar-refractivity contribution in [1.82, 2.24) is 0 Å². The van der Waals surface area contributed by atoms with Crippen LogP contribution in [0.2, 0.25) is 0 Å². The van der Waals surface area contributed by atoms with Crippen LogP contribution < -0.4 is 11.5 Å². The fourth-order valence-electron chi connectivity index (χ4n) is 1.84. The fourth-order valence-corrected chi connectivity index (χ4v) is 1.84. The second kappa shape index (κ2) is 4.98. The largest absolute Gasteiger partial charge is 0.326 e. The Hall–Kier alpha value is -0.860. The zero-order chi connectivity index (χ0) is 12.3. The molecule has 0 aliphatic rings. The van der Waals surface area contributed by atoms with Crippen LogP contribution in [0.25, 0.3) is 0 Å². The number of rotatable bonds is 4. The Morgan fingerprint density at radius 3 is 2.44 bits per heavy atom. The lowest BCUT2D eigenvalue weighted by molar-refractivity contribution is 0.433. The summed E-state index contributed by atoms with van der Waals surface area (Å²) < 4.78 is 0. The topological polar surface area (TPSA) is 52.0 Å². The highest BCUT2D eigenvalue weighted by atomic mass is 14.7. The second-order valence-corrected chi connectivity index (χ2v) is 5.49. The molecule has 0 heterocycles. The number of hydrogen-bond acceptors (Lipinski definition) is 2. The standard InChI is InChI=1S/C14H24N2/c1-10-5-6-11(2)12(9-10)13(15)7-8-14(3,4)16/h5-6,9,13H,7-8,15-16H2,1-4H3. The van der Waals surface area contributed by atoms with Crippen molar-refractivity contribution in [2.24, 2.45) is 11.5 Å². The highest BCUT2D eigenvalue weighted by molar-refractivity contribution is 5.32. The Kier molecular flexibility index (Phi) is 4.11. The van der Waals surface area contributed by atoms with Crippen molar-refractivity contribution in [2.45, 2.75) is 52.1 Å². The first-order valence-corrected chi connectivity index (χ1v) is 5.91. The zero-order valence-electron chi connectivity index (χ0n) is 10.9. The molecular weight excluding hydrogens is 196 g/mol. The smallest absolute Gasteiger partial charge is 0.0298 e. The van der Waals surface area contributed by atoms with Crippen LogP contribution in [0.1, 0.15) is 49.4 Å². The Morgan fingerprint density at radius 2 is 1.88 bits per heavy atom. The lowest BCUT2D eigenvalue weighted by Gasteiger charge is -2.22. The van der Waals surface area contributed by atoms with Gasteiger partial charge in [0, 0.05) is 11.6 Å². The van der Waals surface area contributed by atoms with Gasteiger partial charge in [-0.3, -0.25) is 0 Å². The molecule has 0 radical (unpaired) electrons. The van der Waals surface area contributed by atoms with Crippen molar-refractivity contribution in [3.63, 3.8) is 0 Å². The van der Waals surface area contributed by atoms with Gasteiger partial charge in [0.25, 0.3) is 0 Å². The van der Waals surface area contributed by atoms with E-state index in [-0.39, 0.29) is 11.6 Å². The average Bonchev–Trinajstić information content (AvgIpc) is 2.17. The van der Waals surface area contributed by atoms with Crippen molar-refractivity contribution in [1.29, 1.82) is 0 Å². The van der Waals surface area contributed by atoms with E-state index in [2.05, 4.69) is 32.0 Å². The van der Waals surface area contributed by atoms with Crippen LogP contribution in [-0.4, -0.2) is 5.54 Å². The lowest BCUT2D eigenvalue weighted by Crippen LogP contribution is -2.32. The third-order valence-electron chi connectivity index (χ3n) is 2.93. The average molecular weight is 220 g/mol. The summed E-state index contributed by atoms with van der Waals surface area (Å²) in [7, 11) is 0. The van der Waals surface area contributed by atoms with Crippen LogP contribution in [0.5, 0.6) is 0 Å². The quantitative estimate of drug-likeness (QED) is 0.819. The maximum absolute atomic E-state index is 6.22. The number of benzene rings is 1. The minimum absolute atomic E-state index is 0.0997. The molecule has 0 aliphatic heterocycles. The molecule has 16 heavy (non-hydrogen) atoms. The molecule has 1 aromatic rings. The van der Waals surface area contributed by atoms with E-state index >= 15 is 0 Å². The van der Waals surface area contributed by atoms with E-state index in [0.29, 0.717) is 0 Å². The van der Waals surface area contributed by atoms with E-state index in [1.54, 1.807) is 0 Å². The van der Waals surface area contributed by atoms with Crippen LogP contribution >= 0.6 is 0 Å². The molecule has 0 saturated heterocycles. The minimum Gasteiger partial charge on any atom is -0.326 e. The maximum atomic E-state index is 6.22. The van der Waals surface area contributed by atoms with Gasteiger partial charge >= 0.3 is 0 Å². The van der Waals surface area contributed by atoms with Crippen molar-refractivity contribution >= 4 is 0 Å². The molecule has 0 fully saturated rings. The molecule has 1 unspecified atom stereocenters. The summed E-state index contributed by atoms with van der Waals surface area (Å²) in [6.45, 7) is 8.30. The molecule has 0 aromatic heterocycles. The van der Waals surface area contributed by atoms with Gasteiger partial charge in [-0.25, -0.2) is 0 Å². The van der Waals surface area contributed by atoms with Gasteiger partial charge in [-0.1, -0.05) is 23.8 Å². The molecule has 4 N–H and O–H groups in total. The van der Waals surface area contributed by atoms with E-state index in [9.17, 15) is 0 Å². The Labute approximate surface area is 99.0 Å². The highest BCUT2D eigenvalue weighted by Crippen LogP contribution is 2.23. The Balaban J connectivity index is 2.73. The van der Waals surface area contributed by atoms with Gasteiger partial charge in [0.15, 0.2) is 0 Å². The SMILES string of the molecule is Cc1ccc(C)c(C(N)CCC(C)(C)N)c1. The van der Waals surface area contributed by atoms with Gasteiger partial charge < -0.3 is 11.5 Å². The Morgan fingerprint density at radius 1 is 1.25 bits per heavy atom. The molecule has 1 atom stereocenters.